The number of anilines is 1. The van der Waals surface area contributed by atoms with Gasteiger partial charge in [0.05, 0.1) is 5.52 Å². The molecule has 0 fully saturated rings. The van der Waals surface area contributed by atoms with Gasteiger partial charge in [0.15, 0.2) is 0 Å². The Morgan fingerprint density at radius 1 is 1.25 bits per heavy atom. The molecular weight excluding hydrogens is 254 g/mol. The van der Waals surface area contributed by atoms with Crippen LogP contribution in [0.25, 0.3) is 11.0 Å². The quantitative estimate of drug-likeness (QED) is 0.936. The molecule has 0 bridgehead atoms. The third kappa shape index (κ3) is 2.74. The van der Waals surface area contributed by atoms with E-state index in [2.05, 4.69) is 15.6 Å². The molecule has 2 rings (SSSR count). The monoisotopic (exact) mass is 275 g/mol. The van der Waals surface area contributed by atoms with Gasteiger partial charge in [-0.3, -0.25) is 0 Å². The molecule has 0 spiro atoms. The topological polar surface area (TPSA) is 63.1 Å². The number of benzene rings is 1. The van der Waals surface area contributed by atoms with E-state index in [1.807, 2.05) is 52.9 Å². The van der Waals surface area contributed by atoms with Crippen molar-refractivity contribution in [3.05, 3.63) is 18.2 Å². The molecule has 2 aromatic rings. The highest BCUT2D eigenvalue weighted by Crippen LogP contribution is 2.17. The van der Waals surface area contributed by atoms with Crippen LogP contribution in [0.15, 0.2) is 18.2 Å². The summed E-state index contributed by atoms with van der Waals surface area (Å²) < 4.78 is 1.70. The number of nitrogens with zero attached hydrogens (tertiary/aromatic N) is 4. The minimum atomic E-state index is -0.0989. The maximum atomic E-state index is 12.3. The molecule has 108 valence electrons. The fourth-order valence-electron chi connectivity index (χ4n) is 2.37. The fraction of sp³-hybridized carbons (Fsp3) is 0.500. The Balaban J connectivity index is 2.20. The Morgan fingerprint density at radius 2 is 1.90 bits per heavy atom. The minimum absolute atomic E-state index is 0.0989. The molecule has 0 saturated carbocycles. The van der Waals surface area contributed by atoms with Gasteiger partial charge in [-0.1, -0.05) is 5.21 Å². The minimum Gasteiger partial charge on any atom is -0.320 e. The standard InChI is InChI=1S/C14H21N5O/c1-9(2)19(10(3)4)14(20)15-11-6-7-13-12(8-11)16-17-18(13)5/h6-10H,1-5H3,(H,15,20). The number of hydrogen-bond acceptors (Lipinski definition) is 3. The molecule has 6 nitrogen and oxygen atoms in total. The summed E-state index contributed by atoms with van der Waals surface area (Å²) in [5, 5.41) is 10.9. The van der Waals surface area contributed by atoms with Crippen LogP contribution in [0.3, 0.4) is 0 Å². The number of carbonyl (C=O) groups is 1. The zero-order valence-electron chi connectivity index (χ0n) is 12.6. The number of amides is 2. The average molecular weight is 275 g/mol. The number of rotatable bonds is 3. The Labute approximate surface area is 118 Å². The van der Waals surface area contributed by atoms with Crippen LogP contribution in [0.5, 0.6) is 0 Å². The molecule has 0 unspecified atom stereocenters. The van der Waals surface area contributed by atoms with E-state index >= 15 is 0 Å². The van der Waals surface area contributed by atoms with E-state index in [0.29, 0.717) is 0 Å². The Kier molecular flexibility index (Phi) is 3.92. The molecular formula is C14H21N5O. The number of aryl methyl sites for hydroxylation is 1. The lowest BCUT2D eigenvalue weighted by atomic mass is 10.2. The molecule has 0 radical (unpaired) electrons. The van der Waals surface area contributed by atoms with Crippen LogP contribution < -0.4 is 5.32 Å². The first kappa shape index (κ1) is 14.3. The predicted molar refractivity (Wildman–Crippen MR) is 79.6 cm³/mol. The van der Waals surface area contributed by atoms with Crippen LogP contribution in [0.1, 0.15) is 27.7 Å². The summed E-state index contributed by atoms with van der Waals surface area (Å²) in [5.41, 5.74) is 2.44. The van der Waals surface area contributed by atoms with Gasteiger partial charge in [-0.05, 0) is 45.9 Å². The maximum Gasteiger partial charge on any atom is 0.322 e. The molecule has 0 aliphatic heterocycles. The fourth-order valence-corrected chi connectivity index (χ4v) is 2.37. The molecule has 0 saturated heterocycles. The average Bonchev–Trinajstić information content (AvgIpc) is 2.69. The Bertz CT molecular complexity index is 609. The first-order chi connectivity index (χ1) is 9.40. The first-order valence-corrected chi connectivity index (χ1v) is 6.79. The molecule has 1 heterocycles. The highest BCUT2D eigenvalue weighted by molar-refractivity contribution is 5.92. The van der Waals surface area contributed by atoms with E-state index in [9.17, 15) is 4.79 Å². The first-order valence-electron chi connectivity index (χ1n) is 6.79. The SMILES string of the molecule is CC(C)N(C(=O)Nc1ccc2c(c1)nnn2C)C(C)C. The lowest BCUT2D eigenvalue weighted by molar-refractivity contribution is 0.178. The molecule has 0 atom stereocenters. The van der Waals surface area contributed by atoms with Crippen molar-refractivity contribution < 1.29 is 4.79 Å². The Morgan fingerprint density at radius 3 is 2.50 bits per heavy atom. The summed E-state index contributed by atoms with van der Waals surface area (Å²) in [6.45, 7) is 8.02. The molecule has 1 aromatic carbocycles. The van der Waals surface area contributed by atoms with Crippen LogP contribution in [0, 0.1) is 0 Å². The van der Waals surface area contributed by atoms with Gasteiger partial charge < -0.3 is 10.2 Å². The molecule has 20 heavy (non-hydrogen) atoms. The molecule has 1 N–H and O–H groups in total. The van der Waals surface area contributed by atoms with Gasteiger partial charge in [-0.15, -0.1) is 5.10 Å². The van der Waals surface area contributed by atoms with Crippen molar-refractivity contribution in [3.63, 3.8) is 0 Å². The van der Waals surface area contributed by atoms with Crippen molar-refractivity contribution in [2.24, 2.45) is 7.05 Å². The van der Waals surface area contributed by atoms with E-state index < -0.39 is 0 Å². The van der Waals surface area contributed by atoms with Crippen molar-refractivity contribution in [3.8, 4) is 0 Å². The lowest BCUT2D eigenvalue weighted by Gasteiger charge is -2.30. The predicted octanol–water partition coefficient (Wildman–Crippen LogP) is 2.62. The normalized spacial score (nSPS) is 11.3. The molecule has 0 aliphatic rings. The summed E-state index contributed by atoms with van der Waals surface area (Å²) in [5.74, 6) is 0. The highest BCUT2D eigenvalue weighted by Gasteiger charge is 2.20. The van der Waals surface area contributed by atoms with Crippen molar-refractivity contribution in [1.29, 1.82) is 0 Å². The van der Waals surface area contributed by atoms with E-state index in [0.717, 1.165) is 16.7 Å². The largest absolute Gasteiger partial charge is 0.322 e. The summed E-state index contributed by atoms with van der Waals surface area (Å²) >= 11 is 0. The van der Waals surface area contributed by atoms with Crippen molar-refractivity contribution in [1.82, 2.24) is 19.9 Å². The van der Waals surface area contributed by atoms with Crippen LogP contribution >= 0.6 is 0 Å². The number of hydrogen-bond donors (Lipinski definition) is 1. The second-order valence-corrected chi connectivity index (χ2v) is 5.44. The number of carbonyl (C=O) groups excluding carboxylic acids is 1. The van der Waals surface area contributed by atoms with Crippen LogP contribution in [-0.2, 0) is 7.05 Å². The maximum absolute atomic E-state index is 12.3. The molecule has 0 aliphatic carbocycles. The second-order valence-electron chi connectivity index (χ2n) is 5.44. The van der Waals surface area contributed by atoms with E-state index in [-0.39, 0.29) is 18.1 Å². The van der Waals surface area contributed by atoms with E-state index in [1.54, 1.807) is 9.58 Å². The van der Waals surface area contributed by atoms with Gasteiger partial charge >= 0.3 is 6.03 Å². The third-order valence-corrected chi connectivity index (χ3v) is 3.21. The van der Waals surface area contributed by atoms with Gasteiger partial charge in [0.2, 0.25) is 0 Å². The zero-order chi connectivity index (χ0) is 14.9. The Hall–Kier alpha value is -2.11. The van der Waals surface area contributed by atoms with Crippen LogP contribution in [-0.4, -0.2) is 38.0 Å². The van der Waals surface area contributed by atoms with E-state index in [4.69, 9.17) is 0 Å². The molecule has 1 aromatic heterocycles. The van der Waals surface area contributed by atoms with Gasteiger partial charge in [0.25, 0.3) is 0 Å². The van der Waals surface area contributed by atoms with Gasteiger partial charge in [-0.25, -0.2) is 9.48 Å². The molecule has 6 heteroatoms. The van der Waals surface area contributed by atoms with Crippen LogP contribution in [0.4, 0.5) is 10.5 Å². The smallest absolute Gasteiger partial charge is 0.320 e. The number of aromatic nitrogens is 3. The van der Waals surface area contributed by atoms with Crippen LogP contribution in [0.2, 0.25) is 0 Å². The second kappa shape index (κ2) is 5.48. The number of nitrogens with one attached hydrogen (secondary N) is 1. The van der Waals surface area contributed by atoms with Gasteiger partial charge in [0.1, 0.15) is 5.52 Å². The summed E-state index contributed by atoms with van der Waals surface area (Å²) in [4.78, 5) is 14.1. The van der Waals surface area contributed by atoms with Gasteiger partial charge in [0, 0.05) is 24.8 Å². The summed E-state index contributed by atoms with van der Waals surface area (Å²) in [7, 11) is 1.84. The van der Waals surface area contributed by atoms with Crippen molar-refractivity contribution >= 4 is 22.8 Å². The third-order valence-electron chi connectivity index (χ3n) is 3.21. The summed E-state index contributed by atoms with van der Waals surface area (Å²) in [6.07, 6.45) is 0. The van der Waals surface area contributed by atoms with E-state index in [1.165, 1.54) is 0 Å². The highest BCUT2D eigenvalue weighted by atomic mass is 16.2. The summed E-state index contributed by atoms with van der Waals surface area (Å²) in [6, 6.07) is 5.80. The molecule has 2 amide bonds. The lowest BCUT2D eigenvalue weighted by Crippen LogP contribution is -2.44. The van der Waals surface area contributed by atoms with Gasteiger partial charge in [-0.2, -0.15) is 0 Å². The zero-order valence-corrected chi connectivity index (χ0v) is 12.6. The van der Waals surface area contributed by atoms with Crippen molar-refractivity contribution in [2.75, 3.05) is 5.32 Å². The number of fused-ring (bicyclic) bond motifs is 1. The van der Waals surface area contributed by atoms with Crippen molar-refractivity contribution in [2.45, 2.75) is 39.8 Å². The number of urea groups is 1.